The molecule has 2 N–H and O–H groups in total. The molecule has 1 saturated heterocycles. The van der Waals surface area contributed by atoms with Crippen LogP contribution in [0.2, 0.25) is 5.02 Å². The zero-order chi connectivity index (χ0) is 18.4. The Balaban J connectivity index is 1.53. The molecule has 0 bridgehead atoms. The molecule has 0 radical (unpaired) electrons. The quantitative estimate of drug-likeness (QED) is 0.540. The van der Waals surface area contributed by atoms with Gasteiger partial charge in [-0.2, -0.15) is 5.10 Å². The molecule has 1 aliphatic heterocycles. The van der Waals surface area contributed by atoms with Gasteiger partial charge in [0.2, 0.25) is 0 Å². The molecule has 0 aliphatic carbocycles. The fraction of sp³-hybridized carbons (Fsp3) is 0.300. The molecule has 0 saturated carbocycles. The first kappa shape index (κ1) is 16.6. The molecule has 3 heterocycles. The van der Waals surface area contributed by atoms with Crippen LogP contribution >= 0.6 is 11.6 Å². The van der Waals surface area contributed by atoms with Gasteiger partial charge in [0.15, 0.2) is 5.82 Å². The predicted molar refractivity (Wildman–Crippen MR) is 108 cm³/mol. The van der Waals surface area contributed by atoms with Crippen molar-refractivity contribution in [1.82, 2.24) is 20.2 Å². The van der Waals surface area contributed by atoms with Crippen molar-refractivity contribution in [1.29, 1.82) is 0 Å². The summed E-state index contributed by atoms with van der Waals surface area (Å²) in [6.07, 6.45) is 1.28. The van der Waals surface area contributed by atoms with E-state index in [9.17, 15) is 0 Å². The molecule has 1 unspecified atom stereocenters. The predicted octanol–water partition coefficient (Wildman–Crippen LogP) is 4.37. The number of aromatic amines is 2. The minimum absolute atomic E-state index is 0.239. The second-order valence-electron chi connectivity index (χ2n) is 7.03. The third-order valence-corrected chi connectivity index (χ3v) is 5.27. The lowest BCUT2D eigenvalue weighted by Crippen LogP contribution is -2.29. The highest BCUT2D eigenvalue weighted by Gasteiger charge is 2.17. The summed E-state index contributed by atoms with van der Waals surface area (Å²) in [7, 11) is 0. The summed E-state index contributed by atoms with van der Waals surface area (Å²) in [5.74, 6) is 0.753. The number of halogens is 1. The van der Waals surface area contributed by atoms with Crippen LogP contribution in [0.5, 0.6) is 0 Å². The van der Waals surface area contributed by atoms with Gasteiger partial charge >= 0.3 is 0 Å². The van der Waals surface area contributed by atoms with Crippen LogP contribution in [0.4, 0.5) is 5.69 Å². The van der Waals surface area contributed by atoms with Crippen molar-refractivity contribution in [2.75, 3.05) is 24.6 Å². The molecule has 2 aromatic heterocycles. The van der Waals surface area contributed by atoms with E-state index in [1.54, 1.807) is 0 Å². The van der Waals surface area contributed by atoms with Crippen LogP contribution in [-0.2, 0) is 4.74 Å². The first-order valence-electron chi connectivity index (χ1n) is 9.18. The highest BCUT2D eigenvalue weighted by Crippen LogP contribution is 2.29. The van der Waals surface area contributed by atoms with Gasteiger partial charge in [0.05, 0.1) is 22.7 Å². The van der Waals surface area contributed by atoms with Gasteiger partial charge in [0.25, 0.3) is 0 Å². The Morgan fingerprint density at radius 3 is 3.04 bits per heavy atom. The topological polar surface area (TPSA) is 69.8 Å². The van der Waals surface area contributed by atoms with Gasteiger partial charge in [0, 0.05) is 35.8 Å². The maximum Gasteiger partial charge on any atom is 0.159 e. The van der Waals surface area contributed by atoms with E-state index < -0.39 is 0 Å². The minimum Gasteiger partial charge on any atom is -0.377 e. The van der Waals surface area contributed by atoms with Crippen LogP contribution in [0.15, 0.2) is 36.4 Å². The first-order valence-corrected chi connectivity index (χ1v) is 9.55. The zero-order valence-electron chi connectivity index (χ0n) is 15.0. The molecule has 1 fully saturated rings. The van der Waals surface area contributed by atoms with Gasteiger partial charge in [-0.25, -0.2) is 4.98 Å². The van der Waals surface area contributed by atoms with E-state index in [2.05, 4.69) is 45.2 Å². The number of nitrogens with one attached hydrogen (secondary N) is 2. The SMILES string of the molecule is CC1CN(c2ccc3nc(-c4n[nH]c5cc(Cl)ccc45)[nH]c3c2)CCCO1. The smallest absolute Gasteiger partial charge is 0.159 e. The average molecular weight is 382 g/mol. The van der Waals surface area contributed by atoms with Crippen molar-refractivity contribution in [2.24, 2.45) is 0 Å². The summed E-state index contributed by atoms with van der Waals surface area (Å²) < 4.78 is 5.76. The molecular formula is C20H20ClN5O. The van der Waals surface area contributed by atoms with Crippen LogP contribution in [0, 0.1) is 0 Å². The van der Waals surface area contributed by atoms with Crippen LogP contribution in [0.25, 0.3) is 33.5 Å². The fourth-order valence-electron chi connectivity index (χ4n) is 3.71. The number of nitrogens with zero attached hydrogens (tertiary/aromatic N) is 3. The van der Waals surface area contributed by atoms with Gasteiger partial charge < -0.3 is 14.6 Å². The van der Waals surface area contributed by atoms with Crippen molar-refractivity contribution in [3.8, 4) is 11.5 Å². The maximum absolute atomic E-state index is 6.07. The Labute approximate surface area is 161 Å². The summed E-state index contributed by atoms with van der Waals surface area (Å²) in [4.78, 5) is 10.5. The molecule has 2 aromatic carbocycles. The number of hydrogen-bond donors (Lipinski definition) is 2. The lowest BCUT2D eigenvalue weighted by atomic mass is 10.2. The fourth-order valence-corrected chi connectivity index (χ4v) is 3.88. The van der Waals surface area contributed by atoms with E-state index >= 15 is 0 Å². The first-order chi connectivity index (χ1) is 13.2. The normalized spacial score (nSPS) is 18.3. The number of rotatable bonds is 2. The number of imidazole rings is 1. The summed E-state index contributed by atoms with van der Waals surface area (Å²) in [6.45, 7) is 4.85. The molecule has 0 amide bonds. The molecule has 7 heteroatoms. The number of H-pyrrole nitrogens is 2. The van der Waals surface area contributed by atoms with E-state index in [0.29, 0.717) is 5.02 Å². The Morgan fingerprint density at radius 2 is 2.11 bits per heavy atom. The van der Waals surface area contributed by atoms with Gasteiger partial charge in [-0.1, -0.05) is 11.6 Å². The molecule has 5 rings (SSSR count). The summed E-state index contributed by atoms with van der Waals surface area (Å²) in [5, 5.41) is 9.14. The van der Waals surface area contributed by atoms with Crippen molar-refractivity contribution in [3.05, 3.63) is 41.4 Å². The molecule has 6 nitrogen and oxygen atoms in total. The Hall–Kier alpha value is -2.57. The van der Waals surface area contributed by atoms with Crippen LogP contribution in [-0.4, -0.2) is 46.0 Å². The molecule has 1 atom stereocenters. The second kappa shape index (κ2) is 6.55. The number of hydrogen-bond acceptors (Lipinski definition) is 4. The van der Waals surface area contributed by atoms with Crippen LogP contribution < -0.4 is 4.90 Å². The average Bonchev–Trinajstić information content (AvgIpc) is 3.20. The maximum atomic E-state index is 6.07. The van der Waals surface area contributed by atoms with E-state index in [4.69, 9.17) is 21.3 Å². The number of ether oxygens (including phenoxy) is 1. The van der Waals surface area contributed by atoms with E-state index in [1.165, 1.54) is 5.69 Å². The van der Waals surface area contributed by atoms with Gasteiger partial charge in [-0.15, -0.1) is 0 Å². The van der Waals surface area contributed by atoms with E-state index in [0.717, 1.165) is 59.6 Å². The number of aromatic nitrogens is 4. The molecule has 27 heavy (non-hydrogen) atoms. The second-order valence-corrected chi connectivity index (χ2v) is 7.47. The lowest BCUT2D eigenvalue weighted by molar-refractivity contribution is 0.0821. The molecule has 0 spiro atoms. The monoisotopic (exact) mass is 381 g/mol. The Kier molecular flexibility index (Phi) is 4.02. The standard InChI is InChI=1S/C20H20ClN5O/c1-12-11-26(7-2-8-27-12)14-4-6-16-18(10-14)23-20(22-16)19-15-5-3-13(21)9-17(15)24-25-19/h3-6,9-10,12H,2,7-8,11H2,1H3,(H,22,23)(H,24,25). The lowest BCUT2D eigenvalue weighted by Gasteiger charge is -2.24. The van der Waals surface area contributed by atoms with Crippen molar-refractivity contribution >= 4 is 39.2 Å². The highest BCUT2D eigenvalue weighted by molar-refractivity contribution is 6.31. The van der Waals surface area contributed by atoms with Gasteiger partial charge in [-0.05, 0) is 49.7 Å². The Morgan fingerprint density at radius 1 is 1.19 bits per heavy atom. The van der Waals surface area contributed by atoms with Crippen molar-refractivity contribution in [2.45, 2.75) is 19.4 Å². The molecule has 4 aromatic rings. The van der Waals surface area contributed by atoms with E-state index in [1.807, 2.05) is 18.2 Å². The van der Waals surface area contributed by atoms with Gasteiger partial charge in [-0.3, -0.25) is 5.10 Å². The van der Waals surface area contributed by atoms with Crippen LogP contribution in [0.3, 0.4) is 0 Å². The van der Waals surface area contributed by atoms with Gasteiger partial charge in [0.1, 0.15) is 5.69 Å². The molecule has 1 aliphatic rings. The van der Waals surface area contributed by atoms with Crippen molar-refractivity contribution < 1.29 is 4.74 Å². The summed E-state index contributed by atoms with van der Waals surface area (Å²) in [6, 6.07) is 12.1. The Bertz CT molecular complexity index is 1120. The number of anilines is 1. The van der Waals surface area contributed by atoms with Crippen LogP contribution in [0.1, 0.15) is 13.3 Å². The largest absolute Gasteiger partial charge is 0.377 e. The highest BCUT2D eigenvalue weighted by atomic mass is 35.5. The van der Waals surface area contributed by atoms with E-state index in [-0.39, 0.29) is 6.10 Å². The molecular weight excluding hydrogens is 362 g/mol. The third-order valence-electron chi connectivity index (χ3n) is 5.03. The van der Waals surface area contributed by atoms with Crippen molar-refractivity contribution in [3.63, 3.8) is 0 Å². The zero-order valence-corrected chi connectivity index (χ0v) is 15.8. The number of fused-ring (bicyclic) bond motifs is 2. The summed E-state index contributed by atoms with van der Waals surface area (Å²) >= 11 is 6.07. The minimum atomic E-state index is 0.239. The number of benzene rings is 2. The molecule has 138 valence electrons. The third kappa shape index (κ3) is 3.05. The summed E-state index contributed by atoms with van der Waals surface area (Å²) in [5.41, 5.74) is 4.82.